The Kier molecular flexibility index (Phi) is 7.18. The van der Waals surface area contributed by atoms with E-state index >= 15 is 4.39 Å². The molecule has 0 bridgehead atoms. The molecule has 3 aromatic rings. The van der Waals surface area contributed by atoms with E-state index in [1.165, 1.54) is 30.0 Å². The molecule has 1 aliphatic heterocycles. The summed E-state index contributed by atoms with van der Waals surface area (Å²) in [6.07, 6.45) is -3.83. The Hall–Kier alpha value is -3.07. The first kappa shape index (κ1) is 28.5. The van der Waals surface area contributed by atoms with Gasteiger partial charge in [0.05, 0.1) is 19.3 Å². The molecule has 40 heavy (non-hydrogen) atoms. The van der Waals surface area contributed by atoms with Gasteiger partial charge in [0.1, 0.15) is 23.5 Å². The van der Waals surface area contributed by atoms with Crippen LogP contribution in [0.5, 0.6) is 5.75 Å². The highest BCUT2D eigenvalue weighted by molar-refractivity contribution is 7.52. The number of hydrogen-bond acceptors (Lipinski definition) is 12. The van der Waals surface area contributed by atoms with Gasteiger partial charge in [0.15, 0.2) is 35.0 Å². The van der Waals surface area contributed by atoms with E-state index in [2.05, 4.69) is 24.8 Å². The molecule has 4 N–H and O–H groups in total. The maximum absolute atomic E-state index is 16.1. The summed E-state index contributed by atoms with van der Waals surface area (Å²) < 4.78 is 53.3. The number of anilines is 2. The van der Waals surface area contributed by atoms with Crippen LogP contribution in [0.2, 0.25) is 0 Å². The molecular formula is C23H28ClFN7O7P. The predicted molar refractivity (Wildman–Crippen MR) is 142 cm³/mol. The number of benzene rings is 1. The average Bonchev–Trinajstić information content (AvgIpc) is 3.16. The van der Waals surface area contributed by atoms with Gasteiger partial charge in [-0.25, -0.2) is 13.9 Å². The van der Waals surface area contributed by atoms with Crippen LogP contribution in [0, 0.1) is 0 Å². The molecule has 5 rings (SSSR count). The lowest BCUT2D eigenvalue weighted by molar-refractivity contribution is -0.142. The van der Waals surface area contributed by atoms with E-state index in [0.717, 1.165) is 7.11 Å². The third-order valence-corrected chi connectivity index (χ3v) is 8.90. The highest BCUT2D eigenvalue weighted by atomic mass is 35.5. The first-order valence-corrected chi connectivity index (χ1v) is 14.1. The number of esters is 1. The number of nitrogens with zero attached hydrogens (tertiary/aromatic N) is 5. The highest BCUT2D eigenvalue weighted by Gasteiger charge is 2.90. The van der Waals surface area contributed by atoms with E-state index in [9.17, 15) is 14.5 Å². The first-order chi connectivity index (χ1) is 18.9. The highest BCUT2D eigenvalue weighted by Crippen LogP contribution is 2.69. The lowest BCUT2D eigenvalue weighted by Crippen LogP contribution is -2.37. The van der Waals surface area contributed by atoms with Crippen molar-refractivity contribution in [2.24, 2.45) is 0 Å². The van der Waals surface area contributed by atoms with Gasteiger partial charge in [-0.1, -0.05) is 18.2 Å². The fraction of sp³-hybridized carbons (Fsp3) is 0.478. The van der Waals surface area contributed by atoms with Crippen molar-refractivity contribution < 1.29 is 37.4 Å². The summed E-state index contributed by atoms with van der Waals surface area (Å²) in [5, 5.41) is 14.0. The number of fused-ring (bicyclic) bond motifs is 2. The molecule has 14 nitrogen and oxygen atoms in total. The van der Waals surface area contributed by atoms with Crippen LogP contribution in [-0.4, -0.2) is 87.2 Å². The van der Waals surface area contributed by atoms with Crippen LogP contribution in [0.4, 0.5) is 16.2 Å². The molecule has 3 heterocycles. The van der Waals surface area contributed by atoms with Gasteiger partial charge in [0.2, 0.25) is 5.95 Å². The molecule has 1 saturated heterocycles. The van der Waals surface area contributed by atoms with Crippen LogP contribution in [-0.2, 0) is 23.4 Å². The minimum Gasteiger partial charge on any atom is -0.468 e. The maximum atomic E-state index is 16.1. The summed E-state index contributed by atoms with van der Waals surface area (Å²) in [7, 11) is 0.164. The van der Waals surface area contributed by atoms with Gasteiger partial charge >= 0.3 is 13.7 Å². The van der Waals surface area contributed by atoms with Crippen LogP contribution in [0.25, 0.3) is 11.2 Å². The smallest absolute Gasteiger partial charge is 0.459 e. The molecule has 216 valence electrons. The molecule has 0 radical (unpaired) electrons. The summed E-state index contributed by atoms with van der Waals surface area (Å²) in [4.78, 5) is 26.3. The number of nitrogen functional groups attached to an aromatic ring is 1. The monoisotopic (exact) mass is 599 g/mol. The number of hydrogen-bond donors (Lipinski definition) is 3. The molecule has 1 aliphatic carbocycles. The van der Waals surface area contributed by atoms with Crippen LogP contribution in [0.15, 0.2) is 36.7 Å². The number of nitrogens with two attached hydrogens (primary N) is 1. The minimum absolute atomic E-state index is 0.0757. The number of aliphatic hydroxyl groups is 1. The number of halogens is 2. The zero-order valence-electron chi connectivity index (χ0n) is 21.9. The van der Waals surface area contributed by atoms with E-state index in [0.29, 0.717) is 11.3 Å². The fourth-order valence-electron chi connectivity index (χ4n) is 4.80. The van der Waals surface area contributed by atoms with E-state index in [-0.39, 0.29) is 17.3 Å². The van der Waals surface area contributed by atoms with Gasteiger partial charge in [0, 0.05) is 14.1 Å². The quantitative estimate of drug-likeness (QED) is 0.175. The van der Waals surface area contributed by atoms with Crippen molar-refractivity contribution in [1.82, 2.24) is 24.6 Å². The number of nitrogens with one attached hydrogen (secondary N) is 1. The van der Waals surface area contributed by atoms with Crippen molar-refractivity contribution in [1.29, 1.82) is 0 Å². The number of alkyl halides is 2. The first-order valence-electron chi connectivity index (χ1n) is 12.1. The Balaban J connectivity index is 1.46. The minimum atomic E-state index is -4.46. The summed E-state index contributed by atoms with van der Waals surface area (Å²) in [5.41, 5.74) is 2.19. The second-order valence-electron chi connectivity index (χ2n) is 9.64. The molecule has 17 heteroatoms. The van der Waals surface area contributed by atoms with E-state index in [1.54, 1.807) is 37.2 Å². The summed E-state index contributed by atoms with van der Waals surface area (Å²) in [6.45, 7) is 1.38. The third-order valence-electron chi connectivity index (χ3n) is 6.86. The van der Waals surface area contributed by atoms with Gasteiger partial charge < -0.3 is 29.7 Å². The lowest BCUT2D eigenvalue weighted by atomic mass is 10.1. The average molecular weight is 600 g/mol. The second kappa shape index (κ2) is 10.1. The van der Waals surface area contributed by atoms with E-state index < -0.39 is 55.3 Å². The molecule has 2 fully saturated rings. The summed E-state index contributed by atoms with van der Waals surface area (Å²) in [5.74, 6) is -0.741. The maximum Gasteiger partial charge on any atom is 0.459 e. The Morgan fingerprint density at radius 2 is 2.08 bits per heavy atom. The van der Waals surface area contributed by atoms with Gasteiger partial charge in [-0.2, -0.15) is 15.1 Å². The summed E-state index contributed by atoms with van der Waals surface area (Å²) in [6, 6.07) is 6.82. The van der Waals surface area contributed by atoms with Crippen molar-refractivity contribution >= 4 is 48.2 Å². The Bertz CT molecular complexity index is 1480. The number of ether oxygens (including phenoxy) is 2. The zero-order valence-corrected chi connectivity index (χ0v) is 23.5. The molecule has 7 atom stereocenters. The number of methoxy groups -OCH3 is 1. The molecule has 2 aromatic heterocycles. The van der Waals surface area contributed by atoms with Gasteiger partial charge in [-0.15, -0.1) is 11.6 Å². The molecule has 0 spiro atoms. The molecule has 1 unspecified atom stereocenters. The molecule has 1 saturated carbocycles. The van der Waals surface area contributed by atoms with Crippen molar-refractivity contribution in [2.75, 3.05) is 37.7 Å². The van der Waals surface area contributed by atoms with Gasteiger partial charge in [-0.05, 0) is 19.1 Å². The lowest BCUT2D eigenvalue weighted by Gasteiger charge is -2.27. The Morgan fingerprint density at radius 3 is 2.67 bits per heavy atom. The fourth-order valence-corrected chi connectivity index (χ4v) is 6.96. The third kappa shape index (κ3) is 4.37. The Morgan fingerprint density at radius 1 is 1.38 bits per heavy atom. The van der Waals surface area contributed by atoms with Crippen LogP contribution < -0.4 is 20.2 Å². The topological polar surface area (TPSA) is 176 Å². The van der Waals surface area contributed by atoms with Gasteiger partial charge in [-0.3, -0.25) is 13.9 Å². The number of carbonyl (C=O) groups is 1. The molecule has 1 aromatic carbocycles. The standard InChI is InChI=1S/C23H28ClFN7O7P/c1-12(19(33)36-4)30-40(35,38-13-8-6-5-7-9-13)39-20-22(10-24)23(20,34)15(25)18(37-22)32-11-27-14-16(31(2)3)28-21(26)29-17(14)32/h5-9,11-12,15,18,20,34H,10H2,1-4H3,(H,30,35)(H2,26,28,29)/t12-,15-,18+,20?,22+,23+,40-/m0/s1. The summed E-state index contributed by atoms with van der Waals surface area (Å²) >= 11 is 6.21. The van der Waals surface area contributed by atoms with Crippen molar-refractivity contribution in [3.8, 4) is 5.75 Å². The number of aromatic nitrogens is 4. The molecule has 2 aliphatic rings. The van der Waals surface area contributed by atoms with Crippen molar-refractivity contribution in [3.05, 3.63) is 36.7 Å². The zero-order chi connectivity index (χ0) is 29.0. The SMILES string of the molecule is COC(=O)[C@H](C)N[P@](=O)(Oc1ccccc1)OC1[C@@]2(CCl)O[C@@H](n3cnc4c(N(C)C)nc(N)nc43)[C@H](F)[C@@]12O. The number of para-hydroxylation sites is 1. The normalized spacial score (nSPS) is 29.4. The molecular weight excluding hydrogens is 572 g/mol. The van der Waals surface area contributed by atoms with Crippen LogP contribution in [0.1, 0.15) is 13.2 Å². The van der Waals surface area contributed by atoms with Gasteiger partial charge in [0.25, 0.3) is 0 Å². The van der Waals surface area contributed by atoms with Crippen molar-refractivity contribution in [3.63, 3.8) is 0 Å². The number of imidazole rings is 1. The van der Waals surface area contributed by atoms with E-state index in [1.807, 2.05) is 0 Å². The van der Waals surface area contributed by atoms with Crippen LogP contribution in [0.3, 0.4) is 0 Å². The predicted octanol–water partition coefficient (Wildman–Crippen LogP) is 1.79. The second-order valence-corrected chi connectivity index (χ2v) is 11.6. The largest absolute Gasteiger partial charge is 0.468 e. The molecule has 0 amide bonds. The van der Waals surface area contributed by atoms with Crippen LogP contribution >= 0.6 is 19.3 Å². The van der Waals surface area contributed by atoms with Crippen molar-refractivity contribution in [2.45, 2.75) is 42.7 Å². The number of carbonyl (C=O) groups excluding carboxylic acids is 1. The number of rotatable bonds is 10. The van der Waals surface area contributed by atoms with E-state index in [4.69, 9.17) is 31.1 Å². The Labute approximate surface area is 233 Å².